The van der Waals surface area contributed by atoms with Crippen LogP contribution < -0.4 is 9.80 Å². The molecule has 0 aromatic heterocycles. The predicted octanol–water partition coefficient (Wildman–Crippen LogP) is 18.0. The fourth-order valence-corrected chi connectivity index (χ4v) is 12.4. The van der Waals surface area contributed by atoms with Crippen molar-refractivity contribution >= 4 is 18.1 Å². The van der Waals surface area contributed by atoms with Crippen molar-refractivity contribution in [1.82, 2.24) is 4.90 Å². The fourth-order valence-electron chi connectivity index (χ4n) is 12.4. The fraction of sp³-hybridized carbons (Fsp3) is 0.515. The molecule has 7 aliphatic rings. The molecule has 2 aromatic carbocycles. The minimum Gasteiger partial charge on any atom is -0.339 e. The van der Waals surface area contributed by atoms with Gasteiger partial charge in [-0.25, -0.2) is 0 Å². The summed E-state index contributed by atoms with van der Waals surface area (Å²) >= 11 is 0. The summed E-state index contributed by atoms with van der Waals surface area (Å²) in [6.45, 7) is 43.1. The molecule has 370 valence electrons. The summed E-state index contributed by atoms with van der Waals surface area (Å²) in [5.74, 6) is 0.984. The summed E-state index contributed by atoms with van der Waals surface area (Å²) < 4.78 is 0. The van der Waals surface area contributed by atoms with Gasteiger partial charge in [0.05, 0.1) is 6.04 Å². The lowest BCUT2D eigenvalue weighted by atomic mass is 9.29. The van der Waals surface area contributed by atoms with Crippen LogP contribution in [0.1, 0.15) is 181 Å². The number of hydrogen-bond acceptors (Lipinski definition) is 3. The minimum atomic E-state index is 0.0621. The maximum absolute atomic E-state index is 2.85. The van der Waals surface area contributed by atoms with Gasteiger partial charge in [-0.2, -0.15) is 0 Å². The molecule has 4 heteroatoms. The number of hydrogen-bond donors (Lipinski definition) is 0. The average Bonchev–Trinajstić information content (AvgIpc) is 3.27. The molecule has 70 heavy (non-hydrogen) atoms. The van der Waals surface area contributed by atoms with Gasteiger partial charge in [0.25, 0.3) is 0 Å². The van der Waals surface area contributed by atoms with Crippen molar-refractivity contribution in [3.63, 3.8) is 0 Å². The van der Waals surface area contributed by atoms with E-state index in [4.69, 9.17) is 0 Å². The Bertz CT molecular complexity index is 2730. The Morgan fingerprint density at radius 2 is 1.03 bits per heavy atom. The molecule has 0 fully saturated rings. The molecule has 9 rings (SSSR count). The molecule has 3 unspecified atom stereocenters. The molecule has 2 aromatic rings. The van der Waals surface area contributed by atoms with Crippen molar-refractivity contribution < 1.29 is 0 Å². The van der Waals surface area contributed by atoms with Crippen molar-refractivity contribution in [1.29, 1.82) is 0 Å². The SMILES string of the molecule is CC(C)(C)C1=CC2=C(CC1)N(C1=CCC(C(C)(C)C)C=C1)C1=C3B2C2=C(CCC(C(C)(C)C)=C2)N(c2ccc(C(C)(C)C)cc2)C3CC(N(C2=CCC(C(C)(C)C)C=C2)c2ccc(C(C)(C)C)cc2)=C1. The van der Waals surface area contributed by atoms with Gasteiger partial charge in [-0.15, -0.1) is 0 Å². The maximum Gasteiger partial charge on any atom is 0.246 e. The van der Waals surface area contributed by atoms with Gasteiger partial charge in [-0.3, -0.25) is 0 Å². The second-order valence-corrected chi connectivity index (χ2v) is 28.3. The van der Waals surface area contributed by atoms with Crippen LogP contribution in [0.15, 0.2) is 165 Å². The van der Waals surface area contributed by atoms with Crippen molar-refractivity contribution in [3.05, 3.63) is 176 Å². The Morgan fingerprint density at radius 1 is 0.529 bits per heavy atom. The van der Waals surface area contributed by atoms with E-state index in [1.807, 2.05) is 0 Å². The smallest absolute Gasteiger partial charge is 0.246 e. The first-order valence-corrected chi connectivity index (χ1v) is 27.2. The van der Waals surface area contributed by atoms with E-state index in [2.05, 4.69) is 243 Å². The first-order chi connectivity index (χ1) is 32.5. The van der Waals surface area contributed by atoms with Crippen LogP contribution in [-0.4, -0.2) is 17.7 Å². The molecule has 0 bridgehead atoms. The predicted molar refractivity (Wildman–Crippen MR) is 304 cm³/mol. The third-order valence-corrected chi connectivity index (χ3v) is 17.1. The van der Waals surface area contributed by atoms with E-state index >= 15 is 0 Å². The molecule has 0 amide bonds. The van der Waals surface area contributed by atoms with Gasteiger partial charge in [-0.1, -0.05) is 196 Å². The van der Waals surface area contributed by atoms with E-state index in [1.54, 1.807) is 16.6 Å². The van der Waals surface area contributed by atoms with E-state index in [9.17, 15) is 0 Å². The second kappa shape index (κ2) is 17.5. The lowest BCUT2D eigenvalue weighted by Crippen LogP contribution is -2.54. The van der Waals surface area contributed by atoms with Crippen LogP contribution in [-0.2, 0) is 10.8 Å². The highest BCUT2D eigenvalue weighted by molar-refractivity contribution is 6.83. The molecular formula is C66H88BN3. The van der Waals surface area contributed by atoms with Gasteiger partial charge in [0.2, 0.25) is 6.71 Å². The van der Waals surface area contributed by atoms with Crippen molar-refractivity contribution in [3.8, 4) is 0 Å². The van der Waals surface area contributed by atoms with E-state index in [1.165, 1.54) is 67.6 Å². The van der Waals surface area contributed by atoms with E-state index in [0.29, 0.717) is 11.8 Å². The summed E-state index contributed by atoms with van der Waals surface area (Å²) in [6.07, 6.45) is 30.4. The summed E-state index contributed by atoms with van der Waals surface area (Å²) in [6, 6.07) is 19.4. The molecule has 3 atom stereocenters. The van der Waals surface area contributed by atoms with Crippen molar-refractivity contribution in [2.75, 3.05) is 9.80 Å². The topological polar surface area (TPSA) is 9.72 Å². The quantitative estimate of drug-likeness (QED) is 0.277. The van der Waals surface area contributed by atoms with Gasteiger partial charge < -0.3 is 14.7 Å². The average molecular weight is 934 g/mol. The number of rotatable bonds is 5. The summed E-state index contributed by atoms with van der Waals surface area (Å²) in [4.78, 5) is 8.29. The van der Waals surface area contributed by atoms with Gasteiger partial charge in [0.1, 0.15) is 0 Å². The first-order valence-electron chi connectivity index (χ1n) is 27.2. The first kappa shape index (κ1) is 50.3. The lowest BCUT2D eigenvalue weighted by molar-refractivity contribution is 0.290. The van der Waals surface area contributed by atoms with Crippen LogP contribution in [0.3, 0.4) is 0 Å². The molecule has 2 heterocycles. The molecule has 2 aliphatic heterocycles. The standard InChI is InChI=1S/C66H88BN3/c1-61(2,3)43-19-29-49(30-20-43)68(50-31-21-44(22-32-50)62(4,5)6)53-41-58-60-59(42-53)70(52-35-25-46(26-36-52)64(10,11)12)57-38-28-48(66(16,17)18)40-55(57)67(60)54-39-47(65(13,14)15)27-37-56(54)69(58)51-33-23-45(24-34-51)63(7,8)9/h19-21,23-25,29-36,39-40,42,44,46,58H,22,26-28,37-38,41H2,1-18H3. The molecule has 0 saturated heterocycles. The number of fused-ring (bicyclic) bond motifs is 2. The van der Waals surface area contributed by atoms with Crippen molar-refractivity contribution in [2.45, 2.75) is 186 Å². The Kier molecular flexibility index (Phi) is 12.6. The minimum absolute atomic E-state index is 0.0621. The van der Waals surface area contributed by atoms with Crippen molar-refractivity contribution in [2.24, 2.45) is 33.5 Å². The Balaban J connectivity index is 1.35. The normalized spacial score (nSPS) is 23.4. The maximum atomic E-state index is 2.85. The number of allylic oxidation sites excluding steroid dienone is 15. The Morgan fingerprint density at radius 3 is 1.50 bits per heavy atom. The third kappa shape index (κ3) is 9.44. The van der Waals surface area contributed by atoms with Crippen LogP contribution in [0.4, 0.5) is 11.4 Å². The highest BCUT2D eigenvalue weighted by atomic mass is 15.2. The van der Waals surface area contributed by atoms with E-state index < -0.39 is 0 Å². The highest BCUT2D eigenvalue weighted by Crippen LogP contribution is 2.56. The van der Waals surface area contributed by atoms with Crippen LogP contribution in [0.2, 0.25) is 0 Å². The molecular weight excluding hydrogens is 846 g/mol. The van der Waals surface area contributed by atoms with Crippen LogP contribution in [0.5, 0.6) is 0 Å². The van der Waals surface area contributed by atoms with Crippen LogP contribution in [0, 0.1) is 33.5 Å². The molecule has 5 aliphatic carbocycles. The van der Waals surface area contributed by atoms with Crippen LogP contribution in [0.25, 0.3) is 0 Å². The molecule has 0 spiro atoms. The number of nitrogens with zero attached hydrogens (tertiary/aromatic N) is 3. The molecule has 0 N–H and O–H groups in total. The van der Waals surface area contributed by atoms with Gasteiger partial charge in [0, 0.05) is 52.0 Å². The molecule has 0 saturated carbocycles. The van der Waals surface area contributed by atoms with E-state index in [-0.39, 0.29) is 45.2 Å². The van der Waals surface area contributed by atoms with Gasteiger partial charge in [0.15, 0.2) is 0 Å². The molecule has 3 nitrogen and oxygen atoms in total. The zero-order chi connectivity index (χ0) is 50.7. The number of anilines is 2. The zero-order valence-corrected chi connectivity index (χ0v) is 46.9. The van der Waals surface area contributed by atoms with Crippen LogP contribution >= 0.6 is 0 Å². The largest absolute Gasteiger partial charge is 0.339 e. The van der Waals surface area contributed by atoms with Gasteiger partial charge in [-0.05, 0) is 153 Å². The third-order valence-electron chi connectivity index (χ3n) is 17.1. The van der Waals surface area contributed by atoms with Gasteiger partial charge >= 0.3 is 0 Å². The second-order valence-electron chi connectivity index (χ2n) is 28.3. The Hall–Kier alpha value is -4.70. The number of benzene rings is 2. The zero-order valence-electron chi connectivity index (χ0n) is 46.9. The Labute approximate surface area is 426 Å². The summed E-state index contributed by atoms with van der Waals surface area (Å²) in [7, 11) is 0. The highest BCUT2D eigenvalue weighted by Gasteiger charge is 2.52. The summed E-state index contributed by atoms with van der Waals surface area (Å²) in [5, 5.41) is 0. The van der Waals surface area contributed by atoms with E-state index in [0.717, 1.165) is 44.9 Å². The lowest BCUT2D eigenvalue weighted by Gasteiger charge is -2.54. The molecule has 0 radical (unpaired) electrons. The monoisotopic (exact) mass is 934 g/mol. The summed E-state index contributed by atoms with van der Waals surface area (Å²) in [5.41, 5.74) is 22.1.